The van der Waals surface area contributed by atoms with E-state index in [9.17, 15) is 4.79 Å². The smallest absolute Gasteiger partial charge is 0.407 e. The molecule has 6 heteroatoms. The Morgan fingerprint density at radius 3 is 3.11 bits per heavy atom. The van der Waals surface area contributed by atoms with E-state index >= 15 is 0 Å². The quantitative estimate of drug-likeness (QED) is 0.770. The number of carbonyl (C=O) groups is 1. The fourth-order valence-electron chi connectivity index (χ4n) is 2.23. The van der Waals surface area contributed by atoms with Crippen LogP contribution in [0.3, 0.4) is 0 Å². The van der Waals surface area contributed by atoms with Crippen molar-refractivity contribution in [1.29, 1.82) is 0 Å². The van der Waals surface area contributed by atoms with Crippen LogP contribution in [-0.2, 0) is 6.54 Å². The SMILES string of the molecule is O=C(O)N1CCOc2ccc3[nH]cc(Cl)c3c2C1. The summed E-state index contributed by atoms with van der Waals surface area (Å²) in [4.78, 5) is 15.5. The fraction of sp³-hybridized carbons (Fsp3) is 0.250. The number of fused-ring (bicyclic) bond motifs is 3. The standard InChI is InChI=1S/C12H11ClN2O3/c13-8-5-14-9-1-2-10-7(11(8)9)6-15(12(16)17)3-4-18-10/h1-2,5,14H,3-4,6H2,(H,16,17). The van der Waals surface area contributed by atoms with E-state index in [0.29, 0.717) is 30.5 Å². The zero-order chi connectivity index (χ0) is 12.7. The van der Waals surface area contributed by atoms with Crippen molar-refractivity contribution >= 4 is 28.6 Å². The van der Waals surface area contributed by atoms with E-state index in [1.165, 1.54) is 4.90 Å². The maximum atomic E-state index is 11.1. The lowest BCUT2D eigenvalue weighted by molar-refractivity contribution is 0.138. The van der Waals surface area contributed by atoms with Crippen molar-refractivity contribution < 1.29 is 14.6 Å². The number of halogens is 1. The molecule has 0 spiro atoms. The van der Waals surface area contributed by atoms with Crippen LogP contribution in [0.2, 0.25) is 5.02 Å². The van der Waals surface area contributed by atoms with Crippen LogP contribution in [0.4, 0.5) is 4.79 Å². The van der Waals surface area contributed by atoms with Crippen molar-refractivity contribution in [2.75, 3.05) is 13.2 Å². The molecule has 3 rings (SSSR count). The van der Waals surface area contributed by atoms with E-state index < -0.39 is 6.09 Å². The number of aromatic amines is 1. The van der Waals surface area contributed by atoms with Gasteiger partial charge >= 0.3 is 6.09 Å². The molecule has 1 aromatic carbocycles. The Morgan fingerprint density at radius 1 is 1.50 bits per heavy atom. The summed E-state index contributed by atoms with van der Waals surface area (Å²) < 4.78 is 5.58. The van der Waals surface area contributed by atoms with Gasteiger partial charge in [-0.05, 0) is 12.1 Å². The van der Waals surface area contributed by atoms with Gasteiger partial charge in [-0.15, -0.1) is 0 Å². The van der Waals surface area contributed by atoms with Gasteiger partial charge in [-0.3, -0.25) is 0 Å². The molecule has 5 nitrogen and oxygen atoms in total. The molecule has 1 aromatic heterocycles. The van der Waals surface area contributed by atoms with Crippen LogP contribution < -0.4 is 4.74 Å². The summed E-state index contributed by atoms with van der Waals surface area (Å²) in [7, 11) is 0. The maximum absolute atomic E-state index is 11.1. The molecular formula is C12H11ClN2O3. The summed E-state index contributed by atoms with van der Waals surface area (Å²) in [5, 5.41) is 10.5. The van der Waals surface area contributed by atoms with Crippen molar-refractivity contribution in [2.24, 2.45) is 0 Å². The molecule has 0 fully saturated rings. The highest BCUT2D eigenvalue weighted by Gasteiger charge is 2.22. The van der Waals surface area contributed by atoms with Crippen molar-refractivity contribution in [3.8, 4) is 5.75 Å². The number of nitrogens with zero attached hydrogens (tertiary/aromatic N) is 1. The third-order valence-electron chi connectivity index (χ3n) is 3.10. The van der Waals surface area contributed by atoms with E-state index in [-0.39, 0.29) is 0 Å². The Morgan fingerprint density at radius 2 is 2.33 bits per heavy atom. The summed E-state index contributed by atoms with van der Waals surface area (Å²) >= 11 is 6.14. The van der Waals surface area contributed by atoms with Crippen molar-refractivity contribution in [3.63, 3.8) is 0 Å². The number of nitrogens with one attached hydrogen (secondary N) is 1. The largest absolute Gasteiger partial charge is 0.491 e. The highest BCUT2D eigenvalue weighted by Crippen LogP contribution is 2.34. The normalized spacial score (nSPS) is 15.1. The lowest BCUT2D eigenvalue weighted by Crippen LogP contribution is -2.30. The molecule has 0 atom stereocenters. The number of benzene rings is 1. The number of ether oxygens (including phenoxy) is 1. The molecule has 2 aromatic rings. The van der Waals surface area contributed by atoms with Gasteiger partial charge in [-0.1, -0.05) is 11.6 Å². The molecule has 1 amide bonds. The molecule has 0 aliphatic carbocycles. The number of H-pyrrole nitrogens is 1. The Labute approximate surface area is 108 Å². The summed E-state index contributed by atoms with van der Waals surface area (Å²) in [6.07, 6.45) is 0.748. The molecule has 94 valence electrons. The summed E-state index contributed by atoms with van der Waals surface area (Å²) in [6, 6.07) is 3.73. The minimum atomic E-state index is -0.949. The molecule has 1 aliphatic rings. The molecule has 2 heterocycles. The third-order valence-corrected chi connectivity index (χ3v) is 3.40. The number of aromatic nitrogens is 1. The first-order valence-electron chi connectivity index (χ1n) is 5.56. The number of hydrogen-bond acceptors (Lipinski definition) is 2. The van der Waals surface area contributed by atoms with Crippen LogP contribution >= 0.6 is 11.6 Å². The molecule has 0 unspecified atom stereocenters. The van der Waals surface area contributed by atoms with E-state index in [1.807, 2.05) is 12.1 Å². The summed E-state index contributed by atoms with van der Waals surface area (Å²) in [5.41, 5.74) is 1.70. The zero-order valence-electron chi connectivity index (χ0n) is 9.44. The van der Waals surface area contributed by atoms with E-state index in [4.69, 9.17) is 21.4 Å². The van der Waals surface area contributed by atoms with Gasteiger partial charge in [0, 0.05) is 22.7 Å². The molecule has 1 aliphatic heterocycles. The molecular weight excluding hydrogens is 256 g/mol. The van der Waals surface area contributed by atoms with E-state index in [2.05, 4.69) is 4.98 Å². The third kappa shape index (κ3) is 1.67. The van der Waals surface area contributed by atoms with Gasteiger partial charge in [0.1, 0.15) is 12.4 Å². The predicted octanol–water partition coefficient (Wildman–Crippen LogP) is 2.69. The number of carboxylic acid groups (broad SMARTS) is 1. The van der Waals surface area contributed by atoms with Gasteiger partial charge in [0.2, 0.25) is 0 Å². The lowest BCUT2D eigenvalue weighted by Gasteiger charge is -2.15. The highest BCUT2D eigenvalue weighted by atomic mass is 35.5. The average Bonchev–Trinajstić information content (AvgIpc) is 2.61. The van der Waals surface area contributed by atoms with Gasteiger partial charge in [0.05, 0.1) is 18.1 Å². The minimum Gasteiger partial charge on any atom is -0.491 e. The van der Waals surface area contributed by atoms with Crippen LogP contribution in [0.25, 0.3) is 10.9 Å². The molecule has 0 saturated carbocycles. The molecule has 2 N–H and O–H groups in total. The first kappa shape index (κ1) is 11.2. The summed E-state index contributed by atoms with van der Waals surface area (Å²) in [6.45, 7) is 1.000. The second kappa shape index (κ2) is 4.10. The van der Waals surface area contributed by atoms with Crippen LogP contribution in [-0.4, -0.2) is 34.2 Å². The first-order chi connectivity index (χ1) is 8.66. The van der Waals surface area contributed by atoms with Gasteiger partial charge < -0.3 is 19.7 Å². The molecule has 0 radical (unpaired) electrons. The first-order valence-corrected chi connectivity index (χ1v) is 5.94. The van der Waals surface area contributed by atoms with Gasteiger partial charge in [-0.25, -0.2) is 4.79 Å². The Hall–Kier alpha value is -1.88. The van der Waals surface area contributed by atoms with E-state index in [1.54, 1.807) is 6.20 Å². The average molecular weight is 267 g/mol. The second-order valence-electron chi connectivity index (χ2n) is 4.15. The number of amides is 1. The monoisotopic (exact) mass is 266 g/mol. The number of rotatable bonds is 0. The van der Waals surface area contributed by atoms with Crippen molar-refractivity contribution in [2.45, 2.75) is 6.54 Å². The second-order valence-corrected chi connectivity index (χ2v) is 4.56. The van der Waals surface area contributed by atoms with Crippen LogP contribution in [0.15, 0.2) is 18.3 Å². The Balaban J connectivity index is 2.18. The lowest BCUT2D eigenvalue weighted by atomic mass is 10.1. The maximum Gasteiger partial charge on any atom is 0.407 e. The van der Waals surface area contributed by atoms with Crippen LogP contribution in [0.1, 0.15) is 5.56 Å². The van der Waals surface area contributed by atoms with Gasteiger partial charge in [-0.2, -0.15) is 0 Å². The molecule has 0 saturated heterocycles. The Kier molecular flexibility index (Phi) is 2.56. The fourth-order valence-corrected chi connectivity index (χ4v) is 2.50. The minimum absolute atomic E-state index is 0.291. The molecule has 0 bridgehead atoms. The van der Waals surface area contributed by atoms with Crippen molar-refractivity contribution in [1.82, 2.24) is 9.88 Å². The van der Waals surface area contributed by atoms with Crippen LogP contribution in [0.5, 0.6) is 5.75 Å². The van der Waals surface area contributed by atoms with Crippen molar-refractivity contribution in [3.05, 3.63) is 28.9 Å². The summed E-state index contributed by atoms with van der Waals surface area (Å²) in [5.74, 6) is 0.702. The highest BCUT2D eigenvalue weighted by molar-refractivity contribution is 6.36. The van der Waals surface area contributed by atoms with Gasteiger partial charge in [0.25, 0.3) is 0 Å². The topological polar surface area (TPSA) is 65.6 Å². The van der Waals surface area contributed by atoms with Gasteiger partial charge in [0.15, 0.2) is 0 Å². The Bertz CT molecular complexity index is 623. The zero-order valence-corrected chi connectivity index (χ0v) is 10.2. The predicted molar refractivity (Wildman–Crippen MR) is 67.2 cm³/mol. The van der Waals surface area contributed by atoms with E-state index in [0.717, 1.165) is 16.5 Å². The van der Waals surface area contributed by atoms with Crippen LogP contribution in [0, 0.1) is 0 Å². The molecule has 18 heavy (non-hydrogen) atoms. The number of hydrogen-bond donors (Lipinski definition) is 2.